The Hall–Kier alpha value is -1.14. The summed E-state index contributed by atoms with van der Waals surface area (Å²) in [6.07, 6.45) is 0. The fourth-order valence-corrected chi connectivity index (χ4v) is 2.99. The van der Waals surface area contributed by atoms with Gasteiger partial charge in [0.1, 0.15) is 10.5 Å². The monoisotopic (exact) mass is 268 g/mol. The maximum Gasteiger partial charge on any atom is 0.271 e. The SMILES string of the molecule is CC(=O)[C@H](C)Sc1nc2ccsc2c(=O)n1C. The molecular formula is C11H12N2O2S2. The highest BCUT2D eigenvalue weighted by Crippen LogP contribution is 2.23. The third-order valence-corrected chi connectivity index (χ3v) is 4.65. The van der Waals surface area contributed by atoms with Crippen LogP contribution in [0.25, 0.3) is 10.2 Å². The summed E-state index contributed by atoms with van der Waals surface area (Å²) in [7, 11) is 1.68. The standard InChI is InChI=1S/C11H12N2O2S2/c1-6(14)7(2)17-11-12-8-4-5-16-9(8)10(15)13(11)3/h4-5,7H,1-3H3/t7-/m0/s1. The third-order valence-electron chi connectivity index (χ3n) is 2.50. The number of fused-ring (bicyclic) bond motifs is 1. The van der Waals surface area contributed by atoms with Crippen molar-refractivity contribution in [3.05, 3.63) is 21.8 Å². The van der Waals surface area contributed by atoms with Gasteiger partial charge in [0.2, 0.25) is 0 Å². The van der Waals surface area contributed by atoms with Crippen LogP contribution in [0.3, 0.4) is 0 Å². The predicted molar refractivity (Wildman–Crippen MR) is 70.9 cm³/mol. The molecule has 0 radical (unpaired) electrons. The summed E-state index contributed by atoms with van der Waals surface area (Å²) in [5, 5.41) is 2.25. The number of hydrogen-bond donors (Lipinski definition) is 0. The minimum Gasteiger partial charge on any atom is -0.299 e. The molecule has 2 rings (SSSR count). The van der Waals surface area contributed by atoms with E-state index in [2.05, 4.69) is 4.98 Å². The number of carbonyl (C=O) groups excluding carboxylic acids is 1. The highest BCUT2D eigenvalue weighted by atomic mass is 32.2. The Morgan fingerprint density at radius 2 is 2.29 bits per heavy atom. The second-order valence-electron chi connectivity index (χ2n) is 3.76. The molecule has 0 bridgehead atoms. The number of thiophene rings is 1. The highest BCUT2D eigenvalue weighted by molar-refractivity contribution is 8.00. The van der Waals surface area contributed by atoms with Crippen molar-refractivity contribution < 1.29 is 4.79 Å². The molecule has 0 fully saturated rings. The van der Waals surface area contributed by atoms with Crippen LogP contribution in [0.4, 0.5) is 0 Å². The first kappa shape index (κ1) is 12.3. The number of Topliss-reactive ketones (excluding diaryl/α,β-unsaturated/α-hetero) is 1. The van der Waals surface area contributed by atoms with Crippen LogP contribution in [0, 0.1) is 0 Å². The number of carbonyl (C=O) groups is 1. The highest BCUT2D eigenvalue weighted by Gasteiger charge is 2.15. The van der Waals surface area contributed by atoms with Crippen LogP contribution >= 0.6 is 23.1 Å². The smallest absolute Gasteiger partial charge is 0.271 e. The Morgan fingerprint density at radius 3 is 2.94 bits per heavy atom. The molecule has 6 heteroatoms. The summed E-state index contributed by atoms with van der Waals surface area (Å²) < 4.78 is 2.16. The maximum atomic E-state index is 12.0. The van der Waals surface area contributed by atoms with Crippen molar-refractivity contribution in [2.45, 2.75) is 24.3 Å². The van der Waals surface area contributed by atoms with E-state index in [1.165, 1.54) is 27.7 Å². The molecular weight excluding hydrogens is 256 g/mol. The predicted octanol–water partition coefficient (Wildman–Crippen LogP) is 2.06. The third kappa shape index (κ3) is 2.28. The Balaban J connectivity index is 2.51. The van der Waals surface area contributed by atoms with Gasteiger partial charge in [0.25, 0.3) is 5.56 Å². The van der Waals surface area contributed by atoms with E-state index in [4.69, 9.17) is 0 Å². The van der Waals surface area contributed by atoms with Crippen LogP contribution in [0.2, 0.25) is 0 Å². The molecule has 0 aromatic carbocycles. The first-order chi connectivity index (χ1) is 8.00. The molecule has 0 aliphatic rings. The van der Waals surface area contributed by atoms with Gasteiger partial charge in [-0.1, -0.05) is 11.8 Å². The van der Waals surface area contributed by atoms with E-state index in [0.717, 1.165) is 0 Å². The normalized spacial score (nSPS) is 12.9. The molecule has 90 valence electrons. The quantitative estimate of drug-likeness (QED) is 0.631. The zero-order chi connectivity index (χ0) is 12.6. The van der Waals surface area contributed by atoms with E-state index in [1.54, 1.807) is 14.0 Å². The molecule has 0 saturated carbocycles. The van der Waals surface area contributed by atoms with E-state index in [0.29, 0.717) is 15.4 Å². The maximum absolute atomic E-state index is 12.0. The Labute approximate surface area is 107 Å². The average molecular weight is 268 g/mol. The Kier molecular flexibility index (Phi) is 3.35. The summed E-state index contributed by atoms with van der Waals surface area (Å²) >= 11 is 2.71. The molecule has 0 amide bonds. The van der Waals surface area contributed by atoms with Crippen molar-refractivity contribution in [3.8, 4) is 0 Å². The average Bonchev–Trinajstić information content (AvgIpc) is 2.73. The largest absolute Gasteiger partial charge is 0.299 e. The molecule has 0 saturated heterocycles. The molecule has 2 heterocycles. The second kappa shape index (κ2) is 4.62. The molecule has 2 aromatic heterocycles. The van der Waals surface area contributed by atoms with Gasteiger partial charge in [-0.3, -0.25) is 14.2 Å². The lowest BCUT2D eigenvalue weighted by Gasteiger charge is -2.10. The summed E-state index contributed by atoms with van der Waals surface area (Å²) in [4.78, 5) is 27.6. The second-order valence-corrected chi connectivity index (χ2v) is 5.99. The number of nitrogens with zero attached hydrogens (tertiary/aromatic N) is 2. The summed E-state index contributed by atoms with van der Waals surface area (Å²) in [6.45, 7) is 3.36. The van der Waals surface area contributed by atoms with Gasteiger partial charge in [0, 0.05) is 7.05 Å². The number of thioether (sulfide) groups is 1. The first-order valence-electron chi connectivity index (χ1n) is 5.12. The molecule has 0 spiro atoms. The first-order valence-corrected chi connectivity index (χ1v) is 6.88. The minimum atomic E-state index is -0.191. The van der Waals surface area contributed by atoms with Gasteiger partial charge in [-0.05, 0) is 25.3 Å². The molecule has 0 unspecified atom stereocenters. The van der Waals surface area contributed by atoms with E-state index < -0.39 is 0 Å². The zero-order valence-electron chi connectivity index (χ0n) is 9.76. The lowest BCUT2D eigenvalue weighted by Crippen LogP contribution is -2.20. The van der Waals surface area contributed by atoms with E-state index in [9.17, 15) is 9.59 Å². The van der Waals surface area contributed by atoms with Crippen LogP contribution in [0.15, 0.2) is 21.4 Å². The lowest BCUT2D eigenvalue weighted by atomic mass is 10.3. The van der Waals surface area contributed by atoms with Gasteiger partial charge in [-0.15, -0.1) is 11.3 Å². The fraction of sp³-hybridized carbons (Fsp3) is 0.364. The summed E-state index contributed by atoms with van der Waals surface area (Å²) in [5.74, 6) is 0.0784. The van der Waals surface area contributed by atoms with E-state index >= 15 is 0 Å². The molecule has 0 aliphatic heterocycles. The van der Waals surface area contributed by atoms with Crippen LogP contribution in [0.5, 0.6) is 0 Å². The Bertz CT molecular complexity index is 630. The number of hydrogen-bond acceptors (Lipinski definition) is 5. The van der Waals surface area contributed by atoms with Gasteiger partial charge in [0.05, 0.1) is 10.8 Å². The van der Waals surface area contributed by atoms with Crippen LogP contribution < -0.4 is 5.56 Å². The Morgan fingerprint density at radius 1 is 1.59 bits per heavy atom. The van der Waals surface area contributed by atoms with Gasteiger partial charge in [0.15, 0.2) is 5.16 Å². The van der Waals surface area contributed by atoms with E-state index in [-0.39, 0.29) is 16.6 Å². The van der Waals surface area contributed by atoms with Crippen molar-refractivity contribution in [1.82, 2.24) is 9.55 Å². The molecule has 2 aromatic rings. The van der Waals surface area contributed by atoms with Crippen molar-refractivity contribution in [2.24, 2.45) is 7.05 Å². The zero-order valence-corrected chi connectivity index (χ0v) is 11.4. The molecule has 1 atom stereocenters. The van der Waals surface area contributed by atoms with Crippen LogP contribution in [0.1, 0.15) is 13.8 Å². The van der Waals surface area contributed by atoms with Gasteiger partial charge < -0.3 is 0 Å². The molecule has 4 nitrogen and oxygen atoms in total. The molecule has 17 heavy (non-hydrogen) atoms. The van der Waals surface area contributed by atoms with Gasteiger partial charge in [-0.25, -0.2) is 4.98 Å². The molecule has 0 aliphatic carbocycles. The van der Waals surface area contributed by atoms with Crippen molar-refractivity contribution in [3.63, 3.8) is 0 Å². The van der Waals surface area contributed by atoms with Gasteiger partial charge in [-0.2, -0.15) is 0 Å². The number of rotatable bonds is 3. The van der Waals surface area contributed by atoms with E-state index in [1.807, 2.05) is 18.4 Å². The fourth-order valence-electron chi connectivity index (χ4n) is 1.31. The van der Waals surface area contributed by atoms with Gasteiger partial charge >= 0.3 is 0 Å². The van der Waals surface area contributed by atoms with Crippen LogP contribution in [-0.4, -0.2) is 20.6 Å². The van der Waals surface area contributed by atoms with Crippen LogP contribution in [-0.2, 0) is 11.8 Å². The summed E-state index contributed by atoms with van der Waals surface area (Å²) in [6, 6.07) is 1.82. The minimum absolute atomic E-state index is 0.0525. The van der Waals surface area contributed by atoms with Crippen molar-refractivity contribution >= 4 is 39.1 Å². The van der Waals surface area contributed by atoms with Crippen molar-refractivity contribution in [2.75, 3.05) is 0 Å². The number of ketones is 1. The summed E-state index contributed by atoms with van der Waals surface area (Å²) in [5.41, 5.74) is 0.652. The van der Waals surface area contributed by atoms with Crippen molar-refractivity contribution in [1.29, 1.82) is 0 Å². The number of aromatic nitrogens is 2. The topological polar surface area (TPSA) is 52.0 Å². The lowest BCUT2D eigenvalue weighted by molar-refractivity contribution is -0.116. The molecule has 0 N–H and O–H groups in total.